The first-order valence-corrected chi connectivity index (χ1v) is 6.97. The fourth-order valence-corrected chi connectivity index (χ4v) is 2.57. The van der Waals surface area contributed by atoms with Gasteiger partial charge < -0.3 is 10.3 Å². The summed E-state index contributed by atoms with van der Waals surface area (Å²) in [7, 11) is 0. The summed E-state index contributed by atoms with van der Waals surface area (Å²) in [6, 6.07) is 7.47. The average Bonchev–Trinajstić information content (AvgIpc) is 2.36. The Bertz CT molecular complexity index is 622. The van der Waals surface area contributed by atoms with Gasteiger partial charge in [-0.15, -0.1) is 0 Å². The summed E-state index contributed by atoms with van der Waals surface area (Å²) in [5.74, 6) is 0.416. The second-order valence-corrected chi connectivity index (χ2v) is 5.75. The number of benzene rings is 1. The molecule has 5 heteroatoms. The van der Waals surface area contributed by atoms with Crippen molar-refractivity contribution in [1.82, 2.24) is 9.55 Å². The highest BCUT2D eigenvalue weighted by atomic mass is 32.2. The van der Waals surface area contributed by atoms with Crippen molar-refractivity contribution in [2.75, 3.05) is 5.73 Å². The standard InChI is InChI=1S/C14H17N3OS/c1-10(2)9-17-8-7-16-13(14(17)18)19-12-6-4-3-5-11(12)15/h3-8,10H,9,15H2,1-2H3. The van der Waals surface area contributed by atoms with E-state index < -0.39 is 0 Å². The molecule has 1 aromatic carbocycles. The Morgan fingerprint density at radius 2 is 2.11 bits per heavy atom. The molecule has 0 atom stereocenters. The van der Waals surface area contributed by atoms with Crippen LogP contribution in [0.1, 0.15) is 13.8 Å². The van der Waals surface area contributed by atoms with Gasteiger partial charge >= 0.3 is 0 Å². The minimum atomic E-state index is -0.0653. The molecule has 4 nitrogen and oxygen atoms in total. The third-order valence-electron chi connectivity index (χ3n) is 2.57. The minimum Gasteiger partial charge on any atom is -0.398 e. The number of nitrogens with two attached hydrogens (primary N) is 1. The Hall–Kier alpha value is -1.75. The largest absolute Gasteiger partial charge is 0.398 e. The average molecular weight is 275 g/mol. The molecule has 0 aliphatic heterocycles. The normalized spacial score (nSPS) is 10.9. The van der Waals surface area contributed by atoms with Crippen LogP contribution in [0, 0.1) is 5.92 Å². The van der Waals surface area contributed by atoms with Crippen molar-refractivity contribution in [3.05, 3.63) is 47.0 Å². The topological polar surface area (TPSA) is 60.9 Å². The molecule has 2 aromatic rings. The van der Waals surface area contributed by atoms with Crippen LogP contribution in [0.25, 0.3) is 0 Å². The number of hydrogen-bond acceptors (Lipinski definition) is 4. The monoisotopic (exact) mass is 275 g/mol. The molecule has 0 aliphatic rings. The fraction of sp³-hybridized carbons (Fsp3) is 0.286. The molecular formula is C14H17N3OS. The summed E-state index contributed by atoms with van der Waals surface area (Å²) in [4.78, 5) is 17.3. The second-order valence-electron chi connectivity index (χ2n) is 4.72. The van der Waals surface area contributed by atoms with Gasteiger partial charge in [0.05, 0.1) is 0 Å². The molecule has 0 bridgehead atoms. The highest BCUT2D eigenvalue weighted by Gasteiger charge is 2.09. The first kappa shape index (κ1) is 13.7. The van der Waals surface area contributed by atoms with Crippen molar-refractivity contribution in [2.45, 2.75) is 30.3 Å². The lowest BCUT2D eigenvalue weighted by molar-refractivity contribution is 0.502. The maximum absolute atomic E-state index is 12.3. The van der Waals surface area contributed by atoms with E-state index in [0.717, 1.165) is 4.90 Å². The Labute approximate surface area is 116 Å². The van der Waals surface area contributed by atoms with Crippen molar-refractivity contribution in [3.8, 4) is 0 Å². The van der Waals surface area contributed by atoms with Gasteiger partial charge in [0.15, 0.2) is 5.03 Å². The molecule has 1 heterocycles. The number of rotatable bonds is 4. The molecule has 0 saturated carbocycles. The second kappa shape index (κ2) is 5.93. The SMILES string of the molecule is CC(C)Cn1ccnc(Sc2ccccc2N)c1=O. The zero-order valence-corrected chi connectivity index (χ0v) is 11.9. The summed E-state index contributed by atoms with van der Waals surface area (Å²) in [6.07, 6.45) is 3.38. The predicted octanol–water partition coefficient (Wildman–Crippen LogP) is 2.63. The van der Waals surface area contributed by atoms with Gasteiger partial charge in [0, 0.05) is 29.5 Å². The van der Waals surface area contributed by atoms with Crippen LogP contribution in [0.15, 0.2) is 51.4 Å². The highest BCUT2D eigenvalue weighted by molar-refractivity contribution is 7.99. The first-order chi connectivity index (χ1) is 9.08. The maximum Gasteiger partial charge on any atom is 0.283 e. The van der Waals surface area contributed by atoms with E-state index >= 15 is 0 Å². The van der Waals surface area contributed by atoms with Crippen LogP contribution in [0.2, 0.25) is 0 Å². The lowest BCUT2D eigenvalue weighted by Crippen LogP contribution is -2.24. The zero-order valence-electron chi connectivity index (χ0n) is 11.0. The summed E-state index contributed by atoms with van der Waals surface area (Å²) < 4.78 is 1.69. The molecule has 0 spiro atoms. The quantitative estimate of drug-likeness (QED) is 0.871. The van der Waals surface area contributed by atoms with Gasteiger partial charge in [0.1, 0.15) is 0 Å². The molecule has 0 radical (unpaired) electrons. The molecule has 0 amide bonds. The third kappa shape index (κ3) is 3.38. The van der Waals surface area contributed by atoms with Crippen LogP contribution in [-0.2, 0) is 6.54 Å². The van der Waals surface area contributed by atoms with E-state index in [1.54, 1.807) is 17.0 Å². The molecular weight excluding hydrogens is 258 g/mol. The van der Waals surface area contributed by atoms with Crippen molar-refractivity contribution >= 4 is 17.4 Å². The molecule has 19 heavy (non-hydrogen) atoms. The minimum absolute atomic E-state index is 0.0653. The van der Waals surface area contributed by atoms with Gasteiger partial charge in [-0.2, -0.15) is 0 Å². The van der Waals surface area contributed by atoms with Gasteiger partial charge in [-0.05, 0) is 18.1 Å². The Balaban J connectivity index is 2.31. The molecule has 0 unspecified atom stereocenters. The summed E-state index contributed by atoms with van der Waals surface area (Å²) in [6.45, 7) is 4.85. The van der Waals surface area contributed by atoms with Crippen LogP contribution in [0.3, 0.4) is 0 Å². The van der Waals surface area contributed by atoms with Gasteiger partial charge in [0.25, 0.3) is 5.56 Å². The predicted molar refractivity (Wildman–Crippen MR) is 78.3 cm³/mol. The van der Waals surface area contributed by atoms with E-state index in [-0.39, 0.29) is 5.56 Å². The first-order valence-electron chi connectivity index (χ1n) is 6.15. The van der Waals surface area contributed by atoms with Crippen LogP contribution in [0.4, 0.5) is 5.69 Å². The molecule has 100 valence electrons. The van der Waals surface area contributed by atoms with Crippen LogP contribution in [0.5, 0.6) is 0 Å². The van der Waals surface area contributed by atoms with E-state index in [4.69, 9.17) is 5.73 Å². The number of hydrogen-bond donors (Lipinski definition) is 1. The van der Waals surface area contributed by atoms with E-state index in [1.807, 2.05) is 24.3 Å². The Morgan fingerprint density at radius 3 is 2.79 bits per heavy atom. The van der Waals surface area contributed by atoms with Gasteiger partial charge in [0.2, 0.25) is 0 Å². The van der Waals surface area contributed by atoms with Gasteiger partial charge in [-0.25, -0.2) is 4.98 Å². The van der Waals surface area contributed by atoms with Crippen molar-refractivity contribution in [1.29, 1.82) is 0 Å². The molecule has 0 fully saturated rings. The van der Waals surface area contributed by atoms with Crippen molar-refractivity contribution in [2.24, 2.45) is 5.92 Å². The summed E-state index contributed by atoms with van der Waals surface area (Å²) >= 11 is 1.31. The maximum atomic E-state index is 12.3. The number of aromatic nitrogens is 2. The van der Waals surface area contributed by atoms with Crippen molar-refractivity contribution < 1.29 is 0 Å². The Morgan fingerprint density at radius 1 is 1.37 bits per heavy atom. The Kier molecular flexibility index (Phi) is 4.27. The number of nitrogen functional groups attached to an aromatic ring is 1. The molecule has 0 saturated heterocycles. The van der Waals surface area contributed by atoms with Gasteiger partial charge in [-0.3, -0.25) is 4.79 Å². The van der Waals surface area contributed by atoms with Crippen molar-refractivity contribution in [3.63, 3.8) is 0 Å². The fourth-order valence-electron chi connectivity index (χ4n) is 1.71. The highest BCUT2D eigenvalue weighted by Crippen LogP contribution is 2.28. The lowest BCUT2D eigenvalue weighted by Gasteiger charge is -2.10. The zero-order chi connectivity index (χ0) is 13.8. The number of para-hydroxylation sites is 1. The lowest BCUT2D eigenvalue weighted by atomic mass is 10.2. The van der Waals surface area contributed by atoms with E-state index in [9.17, 15) is 4.79 Å². The number of nitrogens with zero attached hydrogens (tertiary/aromatic N) is 2. The van der Waals surface area contributed by atoms with Crippen LogP contribution < -0.4 is 11.3 Å². The van der Waals surface area contributed by atoms with Gasteiger partial charge in [-0.1, -0.05) is 37.7 Å². The summed E-state index contributed by atoms with van der Waals surface area (Å²) in [5.41, 5.74) is 6.47. The molecule has 1 aromatic heterocycles. The molecule has 0 aliphatic carbocycles. The van der Waals surface area contributed by atoms with E-state index in [1.165, 1.54) is 11.8 Å². The molecule has 2 N–H and O–H groups in total. The third-order valence-corrected chi connectivity index (χ3v) is 3.63. The molecule has 2 rings (SSSR count). The van der Waals surface area contributed by atoms with E-state index in [2.05, 4.69) is 18.8 Å². The summed E-state index contributed by atoms with van der Waals surface area (Å²) in [5, 5.41) is 0.459. The number of anilines is 1. The van der Waals surface area contributed by atoms with E-state index in [0.29, 0.717) is 23.2 Å². The van der Waals surface area contributed by atoms with Crippen LogP contribution in [-0.4, -0.2) is 9.55 Å². The van der Waals surface area contributed by atoms with Crippen LogP contribution >= 0.6 is 11.8 Å². The smallest absolute Gasteiger partial charge is 0.283 e.